The van der Waals surface area contributed by atoms with Gasteiger partial charge < -0.3 is 4.90 Å². The highest BCUT2D eigenvalue weighted by atomic mass is 32.2. The molecule has 0 spiro atoms. The molecule has 2 heterocycles. The third-order valence-corrected chi connectivity index (χ3v) is 3.84. The van der Waals surface area contributed by atoms with E-state index in [4.69, 9.17) is 4.18 Å². The van der Waals surface area contributed by atoms with Crippen molar-refractivity contribution in [2.24, 2.45) is 0 Å². The summed E-state index contributed by atoms with van der Waals surface area (Å²) in [6, 6.07) is -0.0373. The van der Waals surface area contributed by atoms with E-state index in [0.29, 0.717) is 12.8 Å². The van der Waals surface area contributed by atoms with Crippen molar-refractivity contribution in [3.63, 3.8) is 0 Å². The number of amides is 1. The normalized spacial score (nSPS) is 31.3. The highest BCUT2D eigenvalue weighted by Gasteiger charge is 2.39. The second kappa shape index (κ2) is 4.33. The lowest BCUT2D eigenvalue weighted by Gasteiger charge is -2.43. The van der Waals surface area contributed by atoms with Gasteiger partial charge in [0.2, 0.25) is 5.91 Å². The van der Waals surface area contributed by atoms with Gasteiger partial charge in [0, 0.05) is 13.0 Å². The van der Waals surface area contributed by atoms with Gasteiger partial charge >= 0.3 is 0 Å². The quantitative estimate of drug-likeness (QED) is 0.667. The van der Waals surface area contributed by atoms with Crippen molar-refractivity contribution >= 4 is 16.0 Å². The summed E-state index contributed by atoms with van der Waals surface area (Å²) in [6.07, 6.45) is 4.55. The molecule has 6 heteroatoms. The number of carbonyl (C=O) groups excluding carboxylic acids is 1. The van der Waals surface area contributed by atoms with Crippen LogP contribution in [0.2, 0.25) is 0 Å². The average molecular weight is 247 g/mol. The van der Waals surface area contributed by atoms with Crippen LogP contribution in [-0.2, 0) is 19.1 Å². The van der Waals surface area contributed by atoms with Crippen LogP contribution in [0, 0.1) is 0 Å². The molecule has 5 nitrogen and oxygen atoms in total. The molecule has 0 aliphatic carbocycles. The van der Waals surface area contributed by atoms with Crippen molar-refractivity contribution in [3.05, 3.63) is 0 Å². The summed E-state index contributed by atoms with van der Waals surface area (Å²) in [7, 11) is -3.43. The number of nitrogens with zero attached hydrogens (tertiary/aromatic N) is 1. The number of piperidine rings is 2. The maximum absolute atomic E-state index is 11.7. The third kappa shape index (κ3) is 2.55. The van der Waals surface area contributed by atoms with E-state index in [0.717, 1.165) is 32.1 Å². The molecule has 0 aromatic rings. The monoisotopic (exact) mass is 247 g/mol. The van der Waals surface area contributed by atoms with E-state index in [1.54, 1.807) is 4.90 Å². The van der Waals surface area contributed by atoms with E-state index < -0.39 is 10.1 Å². The molecule has 0 bridgehead atoms. The van der Waals surface area contributed by atoms with Crippen LogP contribution in [0.4, 0.5) is 0 Å². The predicted molar refractivity (Wildman–Crippen MR) is 58.3 cm³/mol. The lowest BCUT2D eigenvalue weighted by atomic mass is 9.90. The van der Waals surface area contributed by atoms with Crippen molar-refractivity contribution < 1.29 is 17.4 Å². The number of fused-ring (bicyclic) bond motifs is 1. The zero-order valence-electron chi connectivity index (χ0n) is 9.39. The standard InChI is InChI=1S/C10H17NO4S/c1-16(13,14)15-9-5-6-10(12)11-7-3-2-4-8(9)11/h8-9H,2-7H2,1H3/t8-,9+/m1/s1. The van der Waals surface area contributed by atoms with Gasteiger partial charge in [-0.15, -0.1) is 0 Å². The fraction of sp³-hybridized carbons (Fsp3) is 0.900. The Kier molecular flexibility index (Phi) is 3.21. The minimum atomic E-state index is -3.43. The van der Waals surface area contributed by atoms with Crippen molar-refractivity contribution in [1.82, 2.24) is 4.90 Å². The fourth-order valence-corrected chi connectivity index (χ4v) is 3.27. The van der Waals surface area contributed by atoms with Crippen molar-refractivity contribution in [2.75, 3.05) is 12.8 Å². The Labute approximate surface area is 95.9 Å². The summed E-state index contributed by atoms with van der Waals surface area (Å²) >= 11 is 0. The summed E-state index contributed by atoms with van der Waals surface area (Å²) in [4.78, 5) is 13.5. The summed E-state index contributed by atoms with van der Waals surface area (Å²) in [5.41, 5.74) is 0. The smallest absolute Gasteiger partial charge is 0.264 e. The molecule has 2 aliphatic heterocycles. The van der Waals surface area contributed by atoms with Crippen molar-refractivity contribution in [2.45, 2.75) is 44.2 Å². The molecule has 0 aromatic carbocycles. The van der Waals surface area contributed by atoms with Gasteiger partial charge in [0.15, 0.2) is 0 Å². The van der Waals surface area contributed by atoms with Crippen LogP contribution in [0.3, 0.4) is 0 Å². The molecule has 92 valence electrons. The molecule has 2 fully saturated rings. The van der Waals surface area contributed by atoms with Crippen LogP contribution in [0.15, 0.2) is 0 Å². The van der Waals surface area contributed by atoms with Gasteiger partial charge in [0.25, 0.3) is 10.1 Å². The minimum Gasteiger partial charge on any atom is -0.337 e. The maximum Gasteiger partial charge on any atom is 0.264 e. The molecule has 2 aliphatic rings. The average Bonchev–Trinajstić information content (AvgIpc) is 2.21. The van der Waals surface area contributed by atoms with Crippen molar-refractivity contribution in [3.8, 4) is 0 Å². The van der Waals surface area contributed by atoms with E-state index in [1.807, 2.05) is 0 Å². The minimum absolute atomic E-state index is 0.0373. The third-order valence-electron chi connectivity index (χ3n) is 3.24. The highest BCUT2D eigenvalue weighted by Crippen LogP contribution is 2.29. The largest absolute Gasteiger partial charge is 0.337 e. The van der Waals surface area contributed by atoms with Crippen molar-refractivity contribution in [1.29, 1.82) is 0 Å². The molecule has 2 rings (SSSR count). The Morgan fingerprint density at radius 1 is 1.31 bits per heavy atom. The van der Waals surface area contributed by atoms with Gasteiger partial charge in [-0.2, -0.15) is 8.42 Å². The second-order valence-electron chi connectivity index (χ2n) is 4.53. The van der Waals surface area contributed by atoms with Gasteiger partial charge in [0.05, 0.1) is 18.4 Å². The fourth-order valence-electron chi connectivity index (χ4n) is 2.59. The van der Waals surface area contributed by atoms with E-state index in [1.165, 1.54) is 0 Å². The lowest BCUT2D eigenvalue weighted by molar-refractivity contribution is -0.142. The zero-order valence-corrected chi connectivity index (χ0v) is 10.2. The van der Waals surface area contributed by atoms with Crippen LogP contribution in [0.5, 0.6) is 0 Å². The molecule has 0 aromatic heterocycles. The van der Waals surface area contributed by atoms with Gasteiger partial charge in [-0.25, -0.2) is 0 Å². The van der Waals surface area contributed by atoms with E-state index in [2.05, 4.69) is 0 Å². The highest BCUT2D eigenvalue weighted by molar-refractivity contribution is 7.86. The molecule has 2 saturated heterocycles. The lowest BCUT2D eigenvalue weighted by Crippen LogP contribution is -2.54. The van der Waals surface area contributed by atoms with Gasteiger partial charge in [-0.05, 0) is 25.7 Å². The Morgan fingerprint density at radius 3 is 2.75 bits per heavy atom. The molecule has 0 radical (unpaired) electrons. The number of hydrogen-bond acceptors (Lipinski definition) is 4. The first kappa shape index (κ1) is 11.9. The van der Waals surface area contributed by atoms with E-state index >= 15 is 0 Å². The summed E-state index contributed by atoms with van der Waals surface area (Å²) in [5.74, 6) is 0.137. The number of hydrogen-bond donors (Lipinski definition) is 0. The van der Waals surface area contributed by atoms with E-state index in [-0.39, 0.29) is 18.1 Å². The molecule has 2 atom stereocenters. The van der Waals surface area contributed by atoms with Crippen LogP contribution < -0.4 is 0 Å². The Morgan fingerprint density at radius 2 is 2.06 bits per heavy atom. The first-order valence-electron chi connectivity index (χ1n) is 5.65. The molecular formula is C10H17NO4S. The SMILES string of the molecule is CS(=O)(=O)O[C@H]1CCC(=O)N2CCCC[C@H]12. The van der Waals surface area contributed by atoms with Crippen LogP contribution in [0.25, 0.3) is 0 Å². The maximum atomic E-state index is 11.7. The first-order chi connectivity index (χ1) is 7.47. The van der Waals surface area contributed by atoms with Gasteiger partial charge in [0.1, 0.15) is 0 Å². The van der Waals surface area contributed by atoms with E-state index in [9.17, 15) is 13.2 Å². The predicted octanol–water partition coefficient (Wildman–Crippen LogP) is 0.506. The Bertz CT molecular complexity index is 378. The van der Waals surface area contributed by atoms with Crippen LogP contribution in [-0.4, -0.2) is 44.2 Å². The molecule has 16 heavy (non-hydrogen) atoms. The molecular weight excluding hydrogens is 230 g/mol. The van der Waals surface area contributed by atoms with Crippen LogP contribution >= 0.6 is 0 Å². The topological polar surface area (TPSA) is 63.7 Å². The Hall–Kier alpha value is -0.620. The van der Waals surface area contributed by atoms with Gasteiger partial charge in [-0.3, -0.25) is 8.98 Å². The molecule has 1 amide bonds. The summed E-state index contributed by atoms with van der Waals surface area (Å²) in [5, 5.41) is 0. The second-order valence-corrected chi connectivity index (χ2v) is 6.13. The summed E-state index contributed by atoms with van der Waals surface area (Å²) < 4.78 is 27.3. The molecule has 0 saturated carbocycles. The summed E-state index contributed by atoms with van der Waals surface area (Å²) in [6.45, 7) is 0.743. The Balaban J connectivity index is 2.11. The molecule has 0 N–H and O–H groups in total. The number of carbonyl (C=O) groups is 1. The molecule has 0 unspecified atom stereocenters. The van der Waals surface area contributed by atoms with Crippen LogP contribution in [0.1, 0.15) is 32.1 Å². The number of rotatable bonds is 2. The first-order valence-corrected chi connectivity index (χ1v) is 7.47. The zero-order chi connectivity index (χ0) is 11.8. The van der Waals surface area contributed by atoms with Gasteiger partial charge in [-0.1, -0.05) is 0 Å².